The Bertz CT molecular complexity index is 1510. The van der Waals surface area contributed by atoms with Gasteiger partial charge in [0.25, 0.3) is 0 Å². The highest BCUT2D eigenvalue weighted by Gasteiger charge is 2.36. The quantitative estimate of drug-likeness (QED) is 0.369. The number of fused-ring (bicyclic) bond motifs is 1. The van der Waals surface area contributed by atoms with Gasteiger partial charge in [0, 0.05) is 79.9 Å². The van der Waals surface area contributed by atoms with Crippen LogP contribution in [0.1, 0.15) is 42.5 Å². The highest BCUT2D eigenvalue weighted by atomic mass is 32.2. The zero-order chi connectivity index (χ0) is 31.8. The average Bonchev–Trinajstić information content (AvgIpc) is 3.54. The molecule has 0 saturated carbocycles. The number of amides is 1. The van der Waals surface area contributed by atoms with Crippen molar-refractivity contribution in [1.82, 2.24) is 23.9 Å². The zero-order valence-corrected chi connectivity index (χ0v) is 25.9. The molecule has 4 heterocycles. The van der Waals surface area contributed by atoms with Gasteiger partial charge in [-0.05, 0) is 31.4 Å². The van der Waals surface area contributed by atoms with Crippen LogP contribution in [0.3, 0.4) is 0 Å². The van der Waals surface area contributed by atoms with Gasteiger partial charge in [-0.3, -0.25) is 14.3 Å². The number of aliphatic hydroxyl groups is 1. The molecule has 1 amide bonds. The maximum atomic E-state index is 13.7. The predicted molar refractivity (Wildman–Crippen MR) is 156 cm³/mol. The molecule has 0 bridgehead atoms. The van der Waals surface area contributed by atoms with Crippen LogP contribution in [0.2, 0.25) is 0 Å². The van der Waals surface area contributed by atoms with Crippen LogP contribution in [0, 0.1) is 0 Å². The Kier molecular flexibility index (Phi) is 9.66. The maximum absolute atomic E-state index is 13.7. The number of hydrogen-bond donors (Lipinski definition) is 2. The molecule has 0 radical (unpaired) electrons. The van der Waals surface area contributed by atoms with Crippen LogP contribution < -0.4 is 0 Å². The number of β-amino-alcohol motifs (C(OH)–C–C–N with tert-alkyl or cyclic N) is 1. The third-order valence-corrected chi connectivity index (χ3v) is 10.7. The van der Waals surface area contributed by atoms with Crippen molar-refractivity contribution < 1.29 is 41.4 Å². The Morgan fingerprint density at radius 3 is 2.48 bits per heavy atom. The van der Waals surface area contributed by atoms with Crippen LogP contribution in [0.5, 0.6) is 0 Å². The minimum Gasteiger partial charge on any atom is -0.481 e. The fraction of sp³-hybridized carbons (Fsp3) is 0.607. The monoisotopic (exact) mass is 659 g/mol. The van der Waals surface area contributed by atoms with Crippen molar-refractivity contribution in [3.63, 3.8) is 0 Å². The van der Waals surface area contributed by atoms with Gasteiger partial charge in [-0.1, -0.05) is 6.07 Å². The maximum Gasteiger partial charge on any atom is 0.417 e. The Morgan fingerprint density at radius 1 is 1.14 bits per heavy atom. The summed E-state index contributed by atoms with van der Waals surface area (Å²) in [5.74, 6) is -1.63. The molecule has 16 heteroatoms. The van der Waals surface area contributed by atoms with E-state index in [0.29, 0.717) is 53.7 Å². The molecular weight excluding hydrogens is 623 g/mol. The number of rotatable bonds is 10. The first-order valence-electron chi connectivity index (χ1n) is 14.5. The van der Waals surface area contributed by atoms with E-state index in [1.54, 1.807) is 4.68 Å². The molecule has 1 unspecified atom stereocenters. The van der Waals surface area contributed by atoms with Gasteiger partial charge >= 0.3 is 12.1 Å². The standard InChI is InChI=1S/C28H36F3N5O6S2/c1-44(41,42)34-12-8-23-21(16-34)27(18-4-5-22(28(29,30)31)24(13-18)43-17-26(39)40)32-36(23)15-20(37)14-33-10-6-19(7-11-33)35-9-2-3-25(35)38/h4-5,13,19-20,37H,2-3,6-12,14-17H2,1H3,(H,39,40). The van der Waals surface area contributed by atoms with E-state index >= 15 is 0 Å². The molecule has 2 fully saturated rings. The molecule has 11 nitrogen and oxygen atoms in total. The number of sulfonamides is 1. The lowest BCUT2D eigenvalue weighted by Crippen LogP contribution is -2.47. The number of nitrogens with zero attached hydrogens (tertiary/aromatic N) is 5. The van der Waals surface area contributed by atoms with Crippen LogP contribution in [-0.2, 0) is 45.3 Å². The van der Waals surface area contributed by atoms with E-state index in [9.17, 15) is 36.3 Å². The molecule has 5 rings (SSSR count). The van der Waals surface area contributed by atoms with E-state index in [1.165, 1.54) is 16.4 Å². The topological polar surface area (TPSA) is 136 Å². The minimum absolute atomic E-state index is 0.0268. The number of likely N-dealkylation sites (tertiary alicyclic amines) is 2. The number of aromatic nitrogens is 2. The lowest BCUT2D eigenvalue weighted by atomic mass is 10.0. The molecule has 2 N–H and O–H groups in total. The first kappa shape index (κ1) is 32.7. The second-order valence-corrected chi connectivity index (χ2v) is 14.6. The Morgan fingerprint density at radius 2 is 1.86 bits per heavy atom. The number of halogens is 3. The molecule has 0 aliphatic carbocycles. The van der Waals surface area contributed by atoms with Crippen molar-refractivity contribution in [3.05, 3.63) is 35.0 Å². The van der Waals surface area contributed by atoms with Crippen molar-refractivity contribution in [2.75, 3.05) is 44.7 Å². The Hall–Kier alpha value is -2.66. The summed E-state index contributed by atoms with van der Waals surface area (Å²) in [4.78, 5) is 27.1. The van der Waals surface area contributed by atoms with Gasteiger partial charge in [0.1, 0.15) is 0 Å². The van der Waals surface area contributed by atoms with Crippen LogP contribution >= 0.6 is 11.8 Å². The number of alkyl halides is 3. The SMILES string of the molecule is CS(=O)(=O)N1CCc2c(c(-c3ccc(C(F)(F)F)c(SCC(=O)O)c3)nn2CC(O)CN2CCC(N3CCCC3=O)CC2)C1. The van der Waals surface area contributed by atoms with E-state index in [-0.39, 0.29) is 36.5 Å². The molecule has 3 aliphatic heterocycles. The van der Waals surface area contributed by atoms with Gasteiger partial charge in [0.2, 0.25) is 15.9 Å². The normalized spacial score (nSPS) is 19.8. The second kappa shape index (κ2) is 13.0. The Labute approximate surface area is 258 Å². The third-order valence-electron chi connectivity index (χ3n) is 8.44. The van der Waals surface area contributed by atoms with Gasteiger partial charge in [-0.2, -0.15) is 22.6 Å². The van der Waals surface area contributed by atoms with E-state index in [1.807, 2.05) is 4.90 Å². The number of aliphatic hydroxyl groups excluding tert-OH is 1. The molecule has 44 heavy (non-hydrogen) atoms. The van der Waals surface area contributed by atoms with Crippen molar-refractivity contribution in [2.45, 2.75) is 68.4 Å². The molecule has 1 atom stereocenters. The average molecular weight is 660 g/mol. The number of carboxylic acid groups (broad SMARTS) is 1. The van der Waals surface area contributed by atoms with Crippen molar-refractivity contribution >= 4 is 33.7 Å². The van der Waals surface area contributed by atoms with Gasteiger partial charge in [0.05, 0.1) is 35.9 Å². The number of aliphatic carboxylic acids is 1. The summed E-state index contributed by atoms with van der Waals surface area (Å²) in [5.41, 5.74) is 0.863. The fourth-order valence-corrected chi connectivity index (χ4v) is 7.93. The lowest BCUT2D eigenvalue weighted by Gasteiger charge is -2.37. The number of carbonyl (C=O) groups excluding carboxylic acids is 1. The van der Waals surface area contributed by atoms with Crippen molar-refractivity contribution in [1.29, 1.82) is 0 Å². The molecular formula is C28H36F3N5O6S2. The summed E-state index contributed by atoms with van der Waals surface area (Å²) < 4.78 is 68.8. The number of carbonyl (C=O) groups is 2. The molecule has 1 aromatic heterocycles. The molecule has 242 valence electrons. The molecule has 2 aromatic rings. The minimum atomic E-state index is -4.70. The van der Waals surface area contributed by atoms with Gasteiger partial charge in [-0.15, -0.1) is 11.8 Å². The van der Waals surface area contributed by atoms with Crippen LogP contribution in [-0.4, -0.2) is 111 Å². The van der Waals surface area contributed by atoms with Crippen molar-refractivity contribution in [3.8, 4) is 11.3 Å². The number of thioether (sulfide) groups is 1. The number of benzene rings is 1. The first-order valence-corrected chi connectivity index (χ1v) is 17.3. The largest absolute Gasteiger partial charge is 0.481 e. The summed E-state index contributed by atoms with van der Waals surface area (Å²) in [6, 6.07) is 3.61. The van der Waals surface area contributed by atoms with Gasteiger partial charge in [-0.25, -0.2) is 8.42 Å². The smallest absolute Gasteiger partial charge is 0.417 e. The first-order chi connectivity index (χ1) is 20.7. The van der Waals surface area contributed by atoms with E-state index in [4.69, 9.17) is 5.11 Å². The predicted octanol–water partition coefficient (Wildman–Crippen LogP) is 2.51. The summed E-state index contributed by atoms with van der Waals surface area (Å²) in [7, 11) is -3.57. The highest BCUT2D eigenvalue weighted by Crippen LogP contribution is 2.40. The van der Waals surface area contributed by atoms with Crippen LogP contribution in [0.25, 0.3) is 11.3 Å². The van der Waals surface area contributed by atoms with Gasteiger partial charge in [0.15, 0.2) is 0 Å². The Balaban J connectivity index is 1.38. The van der Waals surface area contributed by atoms with E-state index in [2.05, 4.69) is 10.00 Å². The second-order valence-electron chi connectivity index (χ2n) is 11.6. The number of carboxylic acids is 1. The summed E-state index contributed by atoms with van der Waals surface area (Å²) in [6.07, 6.45) is -0.968. The third kappa shape index (κ3) is 7.41. The van der Waals surface area contributed by atoms with E-state index in [0.717, 1.165) is 51.2 Å². The summed E-state index contributed by atoms with van der Waals surface area (Å²) >= 11 is 0.550. The summed E-state index contributed by atoms with van der Waals surface area (Å²) in [6.45, 7) is 2.92. The molecule has 1 aromatic carbocycles. The summed E-state index contributed by atoms with van der Waals surface area (Å²) in [5, 5.41) is 24.8. The highest BCUT2D eigenvalue weighted by molar-refractivity contribution is 8.00. The molecule has 3 aliphatic rings. The molecule has 0 spiro atoms. The van der Waals surface area contributed by atoms with Crippen LogP contribution in [0.15, 0.2) is 23.1 Å². The van der Waals surface area contributed by atoms with Crippen molar-refractivity contribution in [2.24, 2.45) is 0 Å². The number of piperidine rings is 1. The van der Waals surface area contributed by atoms with Crippen LogP contribution in [0.4, 0.5) is 13.2 Å². The lowest BCUT2D eigenvalue weighted by molar-refractivity contribution is -0.140. The fourth-order valence-electron chi connectivity index (χ4n) is 6.32. The van der Waals surface area contributed by atoms with E-state index < -0.39 is 39.6 Å². The zero-order valence-electron chi connectivity index (χ0n) is 24.3. The number of hydrogen-bond acceptors (Lipinski definition) is 8. The van der Waals surface area contributed by atoms with Gasteiger partial charge < -0.3 is 20.0 Å². The molecule has 2 saturated heterocycles.